The maximum Gasteiger partial charge on any atom is 0.0730 e. The van der Waals surface area contributed by atoms with Gasteiger partial charge in [-0.1, -0.05) is 303 Å². The molecule has 0 bridgehead atoms. The molecule has 0 unspecified atom stereocenters. The minimum absolute atomic E-state index is 0.994. The molecule has 31 rings (SSSR count). The summed E-state index contributed by atoms with van der Waals surface area (Å²) in [6, 6.07) is 174. The first-order chi connectivity index (χ1) is 72.4. The van der Waals surface area contributed by atoms with Crippen LogP contribution in [-0.2, 0) is 0 Å². The Hall–Kier alpha value is -19.8. The van der Waals surface area contributed by atoms with Crippen molar-refractivity contribution in [2.24, 2.45) is 0 Å². The molecule has 20 aromatic carbocycles. The second-order valence-corrected chi connectivity index (χ2v) is 37.8. The summed E-state index contributed by atoms with van der Waals surface area (Å²) >= 11 is 0. The van der Waals surface area contributed by atoms with E-state index >= 15 is 0 Å². The van der Waals surface area contributed by atoms with Crippen molar-refractivity contribution >= 4 is 185 Å². The summed E-state index contributed by atoms with van der Waals surface area (Å²) in [4.78, 5) is 24.5. The second-order valence-electron chi connectivity index (χ2n) is 37.8. The van der Waals surface area contributed by atoms with Crippen LogP contribution in [0.15, 0.2) is 516 Å². The third-order valence-electron chi connectivity index (χ3n) is 29.7. The second kappa shape index (κ2) is 34.1. The summed E-state index contributed by atoms with van der Waals surface area (Å²) in [6.45, 7) is 0. The standard InChI is InChI=1S/2C48H30N4.C39H25N3/c1-3-12-31(13-4-1)32-14-11-17-36(26-32)52-44-25-23-34(28-40(44)48-38-19-8-10-21-42(38)50-30-46(48)52)33-22-24-43-39(27-33)47-37-18-7-9-20-41(37)49-29-45(47)51(43)35-15-5-2-6-16-35;1-3-11-31(12-4-1)32-19-23-36(24-20-32)52-44-26-22-34(28-40(44)48-38-16-8-10-18-42(38)50-30-46(48)52)33-21-25-43-39(27-33)47-37-15-7-9-17-41(37)49-29-45(47)51(43)35-13-5-2-6-14-35;1-3-11-28(12-4-1)41-36-18-10-8-15-30(36)32-23-26(19-21-37(32)41)27-20-22-38-33(24-27)34-25-40-35-17-9-7-16-31(35)39(34)42(38)29-13-5-2-6-14-29/h2*1-30H;1-25H. The van der Waals surface area contributed by atoms with Crippen molar-refractivity contribution in [3.05, 3.63) is 516 Å². The first kappa shape index (κ1) is 83.2. The number of benzene rings is 20. The molecule has 11 aromatic heterocycles. The third-order valence-corrected chi connectivity index (χ3v) is 29.7. The Kier molecular flexibility index (Phi) is 19.4. The van der Waals surface area contributed by atoms with Crippen LogP contribution in [0.5, 0.6) is 0 Å². The predicted octanol–water partition coefficient (Wildman–Crippen LogP) is 34.7. The molecule has 0 aliphatic carbocycles. The molecule has 0 fully saturated rings. The minimum atomic E-state index is 0.994. The van der Waals surface area contributed by atoms with Crippen LogP contribution < -0.4 is 0 Å². The van der Waals surface area contributed by atoms with Gasteiger partial charge in [0, 0.05) is 132 Å². The molecule has 0 saturated carbocycles. The summed E-state index contributed by atoms with van der Waals surface area (Å²) in [6.07, 6.45) is 10.2. The van der Waals surface area contributed by atoms with E-state index in [1.165, 1.54) is 143 Å². The number of fused-ring (bicyclic) bond motifs is 28. The van der Waals surface area contributed by atoms with Crippen LogP contribution in [0.3, 0.4) is 0 Å². The van der Waals surface area contributed by atoms with Crippen LogP contribution in [0.2, 0.25) is 0 Å². The maximum atomic E-state index is 4.94. The zero-order valence-electron chi connectivity index (χ0n) is 79.0. The van der Waals surface area contributed by atoms with E-state index in [-0.39, 0.29) is 0 Å². The van der Waals surface area contributed by atoms with Crippen molar-refractivity contribution < 1.29 is 0 Å². The first-order valence-electron chi connectivity index (χ1n) is 49.6. The molecule has 0 aliphatic heterocycles. The van der Waals surface area contributed by atoms with Crippen LogP contribution >= 0.6 is 0 Å². The van der Waals surface area contributed by atoms with Crippen molar-refractivity contribution in [3.8, 4) is 89.8 Å². The lowest BCUT2D eigenvalue weighted by atomic mass is 9.99. The van der Waals surface area contributed by atoms with E-state index in [4.69, 9.17) is 24.9 Å². The van der Waals surface area contributed by atoms with Crippen LogP contribution in [0.4, 0.5) is 0 Å². The molecule has 680 valence electrons. The smallest absolute Gasteiger partial charge is 0.0730 e. The van der Waals surface area contributed by atoms with E-state index in [9.17, 15) is 0 Å². The van der Waals surface area contributed by atoms with Gasteiger partial charge in [0.2, 0.25) is 0 Å². The van der Waals surface area contributed by atoms with Gasteiger partial charge in [0.25, 0.3) is 0 Å². The monoisotopic (exact) mass is 1860 g/mol. The molecular formula is C135H85N11. The summed E-state index contributed by atoms with van der Waals surface area (Å²) in [7, 11) is 0. The van der Waals surface area contributed by atoms with Gasteiger partial charge in [-0.05, 0) is 238 Å². The van der Waals surface area contributed by atoms with Crippen molar-refractivity contribution in [1.29, 1.82) is 0 Å². The zero-order valence-corrected chi connectivity index (χ0v) is 79.0. The molecule has 0 amide bonds. The zero-order chi connectivity index (χ0) is 96.0. The van der Waals surface area contributed by atoms with Gasteiger partial charge >= 0.3 is 0 Å². The summed E-state index contributed by atoms with van der Waals surface area (Å²) < 4.78 is 14.2. The molecule has 11 nitrogen and oxygen atoms in total. The van der Waals surface area contributed by atoms with Crippen molar-refractivity contribution in [2.75, 3.05) is 0 Å². The summed E-state index contributed by atoms with van der Waals surface area (Å²) in [5, 5.41) is 20.4. The lowest BCUT2D eigenvalue weighted by Crippen LogP contribution is -1.95. The topological polar surface area (TPSA) is 94.0 Å². The van der Waals surface area contributed by atoms with Crippen LogP contribution in [0.1, 0.15) is 0 Å². The molecule has 0 spiro atoms. The average Bonchev–Trinajstić information content (AvgIpc) is 1.57. The van der Waals surface area contributed by atoms with Gasteiger partial charge in [-0.2, -0.15) is 0 Å². The number of rotatable bonds is 11. The minimum Gasteiger partial charge on any atom is -0.309 e. The quantitative estimate of drug-likeness (QED) is 0.129. The Morgan fingerprint density at radius 2 is 0.342 bits per heavy atom. The van der Waals surface area contributed by atoms with E-state index in [1.807, 2.05) is 31.0 Å². The molecule has 11 heterocycles. The Labute approximate surface area is 837 Å². The highest BCUT2D eigenvalue weighted by Gasteiger charge is 2.26. The number of hydrogen-bond donors (Lipinski definition) is 0. The summed E-state index contributed by atoms with van der Waals surface area (Å²) in [5.74, 6) is 0. The van der Waals surface area contributed by atoms with Gasteiger partial charge in [0.1, 0.15) is 0 Å². The molecule has 0 aliphatic rings. The van der Waals surface area contributed by atoms with Gasteiger partial charge in [0.15, 0.2) is 0 Å². The molecule has 0 radical (unpaired) electrons. The third kappa shape index (κ3) is 13.5. The lowest BCUT2D eigenvalue weighted by Gasteiger charge is -2.11. The number of pyridine rings is 5. The number of hydrogen-bond acceptors (Lipinski definition) is 5. The van der Waals surface area contributed by atoms with Gasteiger partial charge in [0.05, 0.1) is 119 Å². The Morgan fingerprint density at radius 1 is 0.116 bits per heavy atom. The molecule has 31 aromatic rings. The van der Waals surface area contributed by atoms with Gasteiger partial charge in [-0.25, -0.2) is 0 Å². The molecule has 0 atom stereocenters. The normalized spacial score (nSPS) is 11.8. The fourth-order valence-electron chi connectivity index (χ4n) is 23.1. The van der Waals surface area contributed by atoms with Crippen LogP contribution in [-0.4, -0.2) is 52.3 Å². The van der Waals surface area contributed by atoms with Crippen molar-refractivity contribution in [1.82, 2.24) is 52.3 Å². The van der Waals surface area contributed by atoms with E-state index in [2.05, 4.69) is 513 Å². The Morgan fingerprint density at radius 3 is 0.726 bits per heavy atom. The van der Waals surface area contributed by atoms with E-state index in [0.29, 0.717) is 0 Å². The molecule has 11 heteroatoms. The fraction of sp³-hybridized carbons (Fsp3) is 0. The fourth-order valence-corrected chi connectivity index (χ4v) is 23.1. The predicted molar refractivity (Wildman–Crippen MR) is 609 cm³/mol. The molecule has 146 heavy (non-hydrogen) atoms. The molecule has 0 N–H and O–H groups in total. The van der Waals surface area contributed by atoms with Crippen LogP contribution in [0, 0.1) is 0 Å². The highest BCUT2D eigenvalue weighted by molar-refractivity contribution is 6.27. The van der Waals surface area contributed by atoms with E-state index < -0.39 is 0 Å². The highest BCUT2D eigenvalue weighted by atomic mass is 15.0. The van der Waals surface area contributed by atoms with Gasteiger partial charge < -0.3 is 27.4 Å². The first-order valence-corrected chi connectivity index (χ1v) is 49.6. The highest BCUT2D eigenvalue weighted by Crippen LogP contribution is 2.48. The molecular weight excluding hydrogens is 1780 g/mol. The van der Waals surface area contributed by atoms with E-state index in [1.54, 1.807) is 0 Å². The maximum absolute atomic E-state index is 4.94. The molecule has 0 saturated heterocycles. The number of aromatic nitrogens is 11. The average molecular weight is 1860 g/mol. The van der Waals surface area contributed by atoms with E-state index in [0.717, 1.165) is 132 Å². The van der Waals surface area contributed by atoms with Gasteiger partial charge in [-0.3, -0.25) is 24.9 Å². The van der Waals surface area contributed by atoms with Gasteiger partial charge in [-0.15, -0.1) is 0 Å². The largest absolute Gasteiger partial charge is 0.309 e. The summed E-state index contributed by atoms with van der Waals surface area (Å²) in [5.41, 5.74) is 37.5. The lowest BCUT2D eigenvalue weighted by molar-refractivity contribution is 1.17. The van der Waals surface area contributed by atoms with Crippen molar-refractivity contribution in [2.45, 2.75) is 0 Å². The van der Waals surface area contributed by atoms with Crippen molar-refractivity contribution in [3.63, 3.8) is 0 Å². The number of para-hydroxylation sites is 10. The van der Waals surface area contributed by atoms with Crippen LogP contribution in [0.25, 0.3) is 275 Å². The SMILES string of the molecule is c1ccc(-c2ccc(-n3c4ccc(-c5ccc6c(c5)c5c7ccccc7ncc5n6-c5ccccc5)cc4c4c5ccccc5ncc43)cc2)cc1.c1ccc(-c2cccc(-n3c4ccc(-c5ccc6c(c5)c5c7ccccc7ncc5n6-c5ccccc5)cc4c4c5ccccc5ncc43)c2)cc1.c1ccc(-n2c3ccccc3c3cc(-c4ccc5c(c4)c4cnc6ccccc6c4n5-c4ccccc4)ccc32)cc1. The Balaban J connectivity index is 0.000000104. The number of nitrogens with zero attached hydrogens (tertiary/aromatic N) is 11. The Bertz CT molecular complexity index is 10700.